The number of hydrogen-bond acceptors (Lipinski definition) is 3. The molecule has 0 spiro atoms. The summed E-state index contributed by atoms with van der Waals surface area (Å²) < 4.78 is 3.32. The number of hydrogen-bond donors (Lipinski definition) is 0. The van der Waals surface area contributed by atoms with E-state index in [1.165, 1.54) is 0 Å². The van der Waals surface area contributed by atoms with Gasteiger partial charge in [0.2, 0.25) is 0 Å². The summed E-state index contributed by atoms with van der Waals surface area (Å²) in [7, 11) is 1.77. The van der Waals surface area contributed by atoms with E-state index in [0.29, 0.717) is 5.65 Å². The second kappa shape index (κ2) is 4.28. The van der Waals surface area contributed by atoms with Crippen LogP contribution in [0.25, 0.3) is 27.8 Å². The van der Waals surface area contributed by atoms with Crippen molar-refractivity contribution in [2.24, 2.45) is 7.05 Å². The number of imidazole rings is 1. The van der Waals surface area contributed by atoms with Crippen molar-refractivity contribution in [2.75, 3.05) is 0 Å². The molecule has 0 unspecified atom stereocenters. The van der Waals surface area contributed by atoms with Crippen LogP contribution < -0.4 is 5.69 Å². The summed E-state index contributed by atoms with van der Waals surface area (Å²) in [6.07, 6.45) is 3.39. The number of pyridine rings is 2. The summed E-state index contributed by atoms with van der Waals surface area (Å²) in [6, 6.07) is 13.5. The highest BCUT2D eigenvalue weighted by atomic mass is 16.1. The lowest BCUT2D eigenvalue weighted by Crippen LogP contribution is -2.20. The predicted octanol–water partition coefficient (Wildman–Crippen LogP) is 2.27. The minimum atomic E-state index is -0.0822. The molecule has 0 saturated heterocycles. The van der Waals surface area contributed by atoms with E-state index in [1.54, 1.807) is 28.6 Å². The molecule has 0 saturated carbocycles. The monoisotopic (exact) mass is 276 g/mol. The van der Waals surface area contributed by atoms with Crippen molar-refractivity contribution in [3.63, 3.8) is 0 Å². The minimum absolute atomic E-state index is 0.0822. The molecule has 0 atom stereocenters. The first kappa shape index (κ1) is 11.8. The maximum Gasteiger partial charge on any atom is 0.333 e. The Kier molecular flexibility index (Phi) is 2.41. The van der Waals surface area contributed by atoms with E-state index in [-0.39, 0.29) is 5.69 Å². The van der Waals surface area contributed by atoms with Crippen LogP contribution in [0.4, 0.5) is 0 Å². The molecule has 0 aliphatic heterocycles. The van der Waals surface area contributed by atoms with Gasteiger partial charge in [0.25, 0.3) is 0 Å². The highest BCUT2D eigenvalue weighted by molar-refractivity contribution is 5.80. The molecular formula is C16H12N4O. The molecule has 3 aromatic heterocycles. The Balaban J connectivity index is 2.09. The molecular weight excluding hydrogens is 264 g/mol. The number of para-hydroxylation sites is 2. The lowest BCUT2D eigenvalue weighted by molar-refractivity contribution is 0.845. The fourth-order valence-corrected chi connectivity index (χ4v) is 2.62. The predicted molar refractivity (Wildman–Crippen MR) is 81.6 cm³/mol. The molecule has 102 valence electrons. The first-order chi connectivity index (χ1) is 10.3. The normalized spacial score (nSPS) is 11.3. The molecule has 4 rings (SSSR count). The number of fused-ring (bicyclic) bond motifs is 2. The van der Waals surface area contributed by atoms with Crippen LogP contribution >= 0.6 is 0 Å². The second-order valence-corrected chi connectivity index (χ2v) is 4.91. The van der Waals surface area contributed by atoms with Gasteiger partial charge in [0.1, 0.15) is 0 Å². The number of aryl methyl sites for hydroxylation is 1. The molecule has 0 bridgehead atoms. The molecule has 4 aromatic rings. The Hall–Kier alpha value is -2.95. The van der Waals surface area contributed by atoms with Crippen LogP contribution in [-0.2, 0) is 7.05 Å². The average molecular weight is 276 g/mol. The Morgan fingerprint density at radius 1 is 1.00 bits per heavy atom. The van der Waals surface area contributed by atoms with Gasteiger partial charge in [-0.2, -0.15) is 0 Å². The summed E-state index contributed by atoms with van der Waals surface area (Å²) in [5.41, 5.74) is 3.11. The van der Waals surface area contributed by atoms with E-state index in [4.69, 9.17) is 0 Å². The molecule has 5 nitrogen and oxygen atoms in total. The molecule has 0 fully saturated rings. The second-order valence-electron chi connectivity index (χ2n) is 4.91. The molecule has 0 amide bonds. The van der Waals surface area contributed by atoms with Crippen molar-refractivity contribution in [2.45, 2.75) is 0 Å². The lowest BCUT2D eigenvalue weighted by atomic mass is 10.2. The maximum absolute atomic E-state index is 12.5. The van der Waals surface area contributed by atoms with Crippen molar-refractivity contribution < 1.29 is 0 Å². The molecule has 0 N–H and O–H groups in total. The van der Waals surface area contributed by atoms with Crippen molar-refractivity contribution >= 4 is 22.1 Å². The Labute approximate surface area is 120 Å². The SMILES string of the molecule is Cn1c(=O)n(-c2cnc3ncccc3c2)c2ccccc21. The third kappa shape index (κ3) is 1.67. The summed E-state index contributed by atoms with van der Waals surface area (Å²) in [6.45, 7) is 0. The van der Waals surface area contributed by atoms with Crippen molar-refractivity contribution in [1.29, 1.82) is 0 Å². The fourth-order valence-electron chi connectivity index (χ4n) is 2.62. The van der Waals surface area contributed by atoms with Gasteiger partial charge in [-0.3, -0.25) is 9.13 Å². The summed E-state index contributed by atoms with van der Waals surface area (Å²) in [4.78, 5) is 21.0. The van der Waals surface area contributed by atoms with Crippen LogP contribution in [0.3, 0.4) is 0 Å². The largest absolute Gasteiger partial charge is 0.333 e. The quantitative estimate of drug-likeness (QED) is 0.536. The highest BCUT2D eigenvalue weighted by Gasteiger charge is 2.12. The van der Waals surface area contributed by atoms with Crippen LogP contribution in [0.2, 0.25) is 0 Å². The third-order valence-electron chi connectivity index (χ3n) is 3.66. The van der Waals surface area contributed by atoms with Gasteiger partial charge in [0, 0.05) is 18.6 Å². The first-order valence-corrected chi connectivity index (χ1v) is 6.63. The van der Waals surface area contributed by atoms with E-state index in [1.807, 2.05) is 42.5 Å². The minimum Gasteiger partial charge on any atom is -0.295 e. The van der Waals surface area contributed by atoms with E-state index in [9.17, 15) is 4.79 Å². The van der Waals surface area contributed by atoms with E-state index < -0.39 is 0 Å². The Morgan fingerprint density at radius 2 is 1.81 bits per heavy atom. The van der Waals surface area contributed by atoms with Crippen molar-refractivity contribution in [1.82, 2.24) is 19.1 Å². The molecule has 5 heteroatoms. The molecule has 0 aliphatic carbocycles. The van der Waals surface area contributed by atoms with Gasteiger partial charge in [-0.05, 0) is 30.3 Å². The van der Waals surface area contributed by atoms with Crippen LogP contribution in [0.5, 0.6) is 0 Å². The number of aromatic nitrogens is 4. The van der Waals surface area contributed by atoms with E-state index in [2.05, 4.69) is 9.97 Å². The summed E-state index contributed by atoms with van der Waals surface area (Å²) in [5, 5.41) is 0.912. The van der Waals surface area contributed by atoms with Crippen LogP contribution in [-0.4, -0.2) is 19.1 Å². The van der Waals surface area contributed by atoms with Gasteiger partial charge < -0.3 is 0 Å². The van der Waals surface area contributed by atoms with Crippen molar-refractivity contribution in [3.05, 3.63) is 65.3 Å². The zero-order valence-corrected chi connectivity index (χ0v) is 11.4. The Bertz CT molecular complexity index is 1030. The standard InChI is InChI=1S/C16H12N4O/c1-19-13-6-2-3-7-14(13)20(16(19)21)12-9-11-5-4-8-17-15(11)18-10-12/h2-10H,1H3. The lowest BCUT2D eigenvalue weighted by Gasteiger charge is -2.04. The number of nitrogens with zero attached hydrogens (tertiary/aromatic N) is 4. The number of rotatable bonds is 1. The Morgan fingerprint density at radius 3 is 2.67 bits per heavy atom. The summed E-state index contributed by atoms with van der Waals surface area (Å²) in [5.74, 6) is 0. The zero-order valence-electron chi connectivity index (χ0n) is 11.4. The number of benzene rings is 1. The van der Waals surface area contributed by atoms with Gasteiger partial charge in [0.05, 0.1) is 22.9 Å². The fraction of sp³-hybridized carbons (Fsp3) is 0.0625. The van der Waals surface area contributed by atoms with Crippen LogP contribution in [0, 0.1) is 0 Å². The maximum atomic E-state index is 12.5. The molecule has 0 radical (unpaired) electrons. The zero-order chi connectivity index (χ0) is 14.4. The third-order valence-corrected chi connectivity index (χ3v) is 3.66. The highest BCUT2D eigenvalue weighted by Crippen LogP contribution is 2.18. The molecule has 21 heavy (non-hydrogen) atoms. The molecule has 1 aromatic carbocycles. The van der Waals surface area contributed by atoms with Crippen LogP contribution in [0.1, 0.15) is 0 Å². The van der Waals surface area contributed by atoms with Gasteiger partial charge in [-0.15, -0.1) is 0 Å². The average Bonchev–Trinajstić information content (AvgIpc) is 2.79. The van der Waals surface area contributed by atoms with E-state index in [0.717, 1.165) is 22.1 Å². The van der Waals surface area contributed by atoms with Crippen LogP contribution in [0.15, 0.2) is 59.7 Å². The molecule has 0 aliphatic rings. The topological polar surface area (TPSA) is 52.7 Å². The molecule has 3 heterocycles. The summed E-state index contributed by atoms with van der Waals surface area (Å²) >= 11 is 0. The van der Waals surface area contributed by atoms with Crippen molar-refractivity contribution in [3.8, 4) is 5.69 Å². The van der Waals surface area contributed by atoms with E-state index >= 15 is 0 Å². The van der Waals surface area contributed by atoms with Gasteiger partial charge in [0.15, 0.2) is 5.65 Å². The van der Waals surface area contributed by atoms with Gasteiger partial charge in [-0.1, -0.05) is 12.1 Å². The first-order valence-electron chi connectivity index (χ1n) is 6.63. The van der Waals surface area contributed by atoms with Gasteiger partial charge >= 0.3 is 5.69 Å². The smallest absolute Gasteiger partial charge is 0.295 e. The van der Waals surface area contributed by atoms with Gasteiger partial charge in [-0.25, -0.2) is 14.8 Å².